The fourth-order valence-corrected chi connectivity index (χ4v) is 3.33. The zero-order valence-corrected chi connectivity index (χ0v) is 14.1. The Morgan fingerprint density at radius 2 is 1.96 bits per heavy atom. The first-order chi connectivity index (χ1) is 12.2. The van der Waals surface area contributed by atoms with Crippen LogP contribution >= 0.6 is 0 Å². The Bertz CT molecular complexity index is 871. The summed E-state index contributed by atoms with van der Waals surface area (Å²) in [6.07, 6.45) is 4.56. The average Bonchev–Trinajstić information content (AvgIpc) is 3.27. The SMILES string of the molecule is CC1Cc2ccccc2N1C(=O)NCc1ccc(-n2cccn2)cc1. The van der Waals surface area contributed by atoms with Crippen LogP contribution in [0.4, 0.5) is 10.5 Å². The molecule has 4 rings (SSSR count). The first-order valence-electron chi connectivity index (χ1n) is 8.46. The van der Waals surface area contributed by atoms with Gasteiger partial charge in [0.1, 0.15) is 0 Å². The lowest BCUT2D eigenvalue weighted by molar-refractivity contribution is 0.244. The van der Waals surface area contributed by atoms with Crippen molar-refractivity contribution < 1.29 is 4.79 Å². The van der Waals surface area contributed by atoms with Crippen LogP contribution in [0.15, 0.2) is 67.0 Å². The third kappa shape index (κ3) is 3.01. The quantitative estimate of drug-likeness (QED) is 0.797. The standard InChI is InChI=1S/C20H20N4O/c1-15-13-17-5-2-3-6-19(17)24(15)20(25)21-14-16-7-9-18(10-8-16)23-12-4-11-22-23/h2-12,15H,13-14H2,1H3,(H,21,25). The van der Waals surface area contributed by atoms with Gasteiger partial charge in [-0.15, -0.1) is 0 Å². The van der Waals surface area contributed by atoms with Gasteiger partial charge in [-0.3, -0.25) is 4.90 Å². The molecule has 0 saturated carbocycles. The predicted molar refractivity (Wildman–Crippen MR) is 97.9 cm³/mol. The minimum absolute atomic E-state index is 0.0476. The smallest absolute Gasteiger partial charge is 0.322 e. The number of nitrogens with one attached hydrogen (secondary N) is 1. The van der Waals surface area contributed by atoms with Crippen LogP contribution in [-0.2, 0) is 13.0 Å². The first kappa shape index (κ1) is 15.4. The number of fused-ring (bicyclic) bond motifs is 1. The van der Waals surface area contributed by atoms with Crippen molar-refractivity contribution in [2.24, 2.45) is 0 Å². The molecule has 0 radical (unpaired) electrons. The Hall–Kier alpha value is -3.08. The minimum atomic E-state index is -0.0476. The molecule has 1 aliphatic heterocycles. The van der Waals surface area contributed by atoms with Gasteiger partial charge < -0.3 is 5.32 Å². The highest BCUT2D eigenvalue weighted by atomic mass is 16.2. The number of hydrogen-bond acceptors (Lipinski definition) is 2. The van der Waals surface area contributed by atoms with Gasteiger partial charge in [0.2, 0.25) is 0 Å². The number of carbonyl (C=O) groups excluding carboxylic acids is 1. The summed E-state index contributed by atoms with van der Waals surface area (Å²) >= 11 is 0. The van der Waals surface area contributed by atoms with E-state index in [2.05, 4.69) is 23.4 Å². The van der Waals surface area contributed by atoms with E-state index in [1.165, 1.54) is 5.56 Å². The van der Waals surface area contributed by atoms with Gasteiger partial charge in [-0.1, -0.05) is 30.3 Å². The van der Waals surface area contributed by atoms with Crippen molar-refractivity contribution in [1.29, 1.82) is 0 Å². The van der Waals surface area contributed by atoms with Gasteiger partial charge in [-0.25, -0.2) is 9.48 Å². The largest absolute Gasteiger partial charge is 0.334 e. The highest BCUT2D eigenvalue weighted by molar-refractivity contribution is 5.94. The molecule has 1 aromatic heterocycles. The van der Waals surface area contributed by atoms with Crippen LogP contribution in [0.3, 0.4) is 0 Å². The van der Waals surface area contributed by atoms with Crippen LogP contribution in [0.25, 0.3) is 5.69 Å². The molecular weight excluding hydrogens is 312 g/mol. The van der Waals surface area contributed by atoms with Crippen LogP contribution in [0.5, 0.6) is 0 Å². The van der Waals surface area contributed by atoms with Gasteiger partial charge in [-0.05, 0) is 48.7 Å². The lowest BCUT2D eigenvalue weighted by Gasteiger charge is -2.23. The molecule has 5 heteroatoms. The van der Waals surface area contributed by atoms with Gasteiger partial charge in [0.25, 0.3) is 0 Å². The zero-order chi connectivity index (χ0) is 17.2. The van der Waals surface area contributed by atoms with Crippen LogP contribution in [0.2, 0.25) is 0 Å². The average molecular weight is 332 g/mol. The maximum absolute atomic E-state index is 12.6. The molecular formula is C20H20N4O. The van der Waals surface area contributed by atoms with E-state index < -0.39 is 0 Å². The zero-order valence-electron chi connectivity index (χ0n) is 14.1. The van der Waals surface area contributed by atoms with Gasteiger partial charge in [0.05, 0.1) is 5.69 Å². The number of amides is 2. The van der Waals surface area contributed by atoms with Crippen LogP contribution < -0.4 is 10.2 Å². The monoisotopic (exact) mass is 332 g/mol. The number of hydrogen-bond donors (Lipinski definition) is 1. The van der Waals surface area contributed by atoms with Crippen LogP contribution in [0, 0.1) is 0 Å². The number of rotatable bonds is 3. The van der Waals surface area contributed by atoms with Crippen molar-refractivity contribution in [2.75, 3.05) is 4.90 Å². The Kier molecular flexibility index (Phi) is 3.98. The van der Waals surface area contributed by atoms with Crippen molar-refractivity contribution in [2.45, 2.75) is 25.9 Å². The summed E-state index contributed by atoms with van der Waals surface area (Å²) in [5.74, 6) is 0. The molecule has 2 heterocycles. The normalized spacial score (nSPS) is 15.9. The van der Waals surface area contributed by atoms with Crippen molar-refractivity contribution in [3.63, 3.8) is 0 Å². The molecule has 3 aromatic rings. The van der Waals surface area contributed by atoms with E-state index in [-0.39, 0.29) is 12.1 Å². The Balaban J connectivity index is 1.42. The maximum atomic E-state index is 12.6. The molecule has 25 heavy (non-hydrogen) atoms. The van der Waals surface area contributed by atoms with E-state index in [1.54, 1.807) is 6.20 Å². The van der Waals surface area contributed by atoms with Crippen molar-refractivity contribution in [3.8, 4) is 5.69 Å². The fraction of sp³-hybridized carbons (Fsp3) is 0.200. The van der Waals surface area contributed by atoms with Gasteiger partial charge in [0, 0.05) is 30.7 Å². The lowest BCUT2D eigenvalue weighted by Crippen LogP contribution is -2.42. The summed E-state index contributed by atoms with van der Waals surface area (Å²) in [7, 11) is 0. The molecule has 5 nitrogen and oxygen atoms in total. The van der Waals surface area contributed by atoms with Crippen molar-refractivity contribution >= 4 is 11.7 Å². The van der Waals surface area contributed by atoms with Gasteiger partial charge >= 0.3 is 6.03 Å². The Morgan fingerprint density at radius 1 is 1.16 bits per heavy atom. The molecule has 0 fully saturated rings. The molecule has 0 bridgehead atoms. The van der Waals surface area contributed by atoms with Crippen molar-refractivity contribution in [3.05, 3.63) is 78.1 Å². The molecule has 0 saturated heterocycles. The topological polar surface area (TPSA) is 50.2 Å². The second-order valence-electron chi connectivity index (χ2n) is 6.33. The van der Waals surface area contributed by atoms with E-state index in [0.29, 0.717) is 6.54 Å². The molecule has 1 atom stereocenters. The van der Waals surface area contributed by atoms with E-state index in [9.17, 15) is 4.79 Å². The molecule has 1 N–H and O–H groups in total. The van der Waals surface area contributed by atoms with Gasteiger partial charge in [0.15, 0.2) is 0 Å². The number of anilines is 1. The van der Waals surface area contributed by atoms with Gasteiger partial charge in [-0.2, -0.15) is 5.10 Å². The third-order valence-corrected chi connectivity index (χ3v) is 4.58. The highest BCUT2D eigenvalue weighted by Gasteiger charge is 2.30. The van der Waals surface area contributed by atoms with E-state index >= 15 is 0 Å². The minimum Gasteiger partial charge on any atom is -0.334 e. The molecule has 2 amide bonds. The number of nitrogens with zero attached hydrogens (tertiary/aromatic N) is 3. The molecule has 0 spiro atoms. The summed E-state index contributed by atoms with van der Waals surface area (Å²) in [6.45, 7) is 2.59. The van der Waals surface area contributed by atoms with E-state index in [1.807, 2.05) is 64.3 Å². The lowest BCUT2D eigenvalue weighted by atomic mass is 10.1. The molecule has 1 unspecified atom stereocenters. The highest BCUT2D eigenvalue weighted by Crippen LogP contribution is 2.31. The maximum Gasteiger partial charge on any atom is 0.322 e. The molecule has 126 valence electrons. The summed E-state index contributed by atoms with van der Waals surface area (Å²) in [4.78, 5) is 14.5. The number of carbonyl (C=O) groups is 1. The van der Waals surface area contributed by atoms with Crippen molar-refractivity contribution in [1.82, 2.24) is 15.1 Å². The van der Waals surface area contributed by atoms with Crippen LogP contribution in [0.1, 0.15) is 18.1 Å². The number of urea groups is 1. The molecule has 1 aliphatic rings. The Morgan fingerprint density at radius 3 is 2.72 bits per heavy atom. The summed E-state index contributed by atoms with van der Waals surface area (Å²) in [5, 5.41) is 7.24. The number of benzene rings is 2. The number of para-hydroxylation sites is 1. The third-order valence-electron chi connectivity index (χ3n) is 4.58. The summed E-state index contributed by atoms with van der Waals surface area (Å²) < 4.78 is 1.81. The first-order valence-corrected chi connectivity index (χ1v) is 8.46. The second-order valence-corrected chi connectivity index (χ2v) is 6.33. The van der Waals surface area contributed by atoms with E-state index in [0.717, 1.165) is 23.4 Å². The summed E-state index contributed by atoms with van der Waals surface area (Å²) in [6, 6.07) is 18.2. The summed E-state index contributed by atoms with van der Waals surface area (Å²) in [5.41, 5.74) is 4.31. The fourth-order valence-electron chi connectivity index (χ4n) is 3.33. The van der Waals surface area contributed by atoms with Crippen LogP contribution in [-0.4, -0.2) is 21.9 Å². The molecule has 2 aromatic carbocycles. The number of aromatic nitrogens is 2. The molecule has 0 aliphatic carbocycles. The predicted octanol–water partition coefficient (Wildman–Crippen LogP) is 3.53. The van der Waals surface area contributed by atoms with E-state index in [4.69, 9.17) is 0 Å². The second kappa shape index (κ2) is 6.43. The Labute approximate surface area is 146 Å².